The predicted octanol–water partition coefficient (Wildman–Crippen LogP) is 3.07. The topological polar surface area (TPSA) is 74.6 Å². The lowest BCUT2D eigenvalue weighted by Crippen LogP contribution is -2.41. The smallest absolute Gasteiger partial charge is 0.243 e. The molecule has 2 aromatic rings. The van der Waals surface area contributed by atoms with Crippen molar-refractivity contribution in [2.45, 2.75) is 50.1 Å². The van der Waals surface area contributed by atoms with Gasteiger partial charge in [-0.25, -0.2) is 8.42 Å². The van der Waals surface area contributed by atoms with Gasteiger partial charge in [0.1, 0.15) is 0 Å². The molecule has 4 rings (SSSR count). The molecule has 1 unspecified atom stereocenters. The van der Waals surface area contributed by atoms with Gasteiger partial charge in [-0.05, 0) is 56.2 Å². The van der Waals surface area contributed by atoms with E-state index < -0.39 is 10.0 Å². The van der Waals surface area contributed by atoms with E-state index in [1.165, 1.54) is 5.69 Å². The highest BCUT2D eigenvalue weighted by Crippen LogP contribution is 2.25. The number of fused-ring (bicyclic) bond motifs is 1. The normalized spacial score (nSPS) is 21.0. The summed E-state index contributed by atoms with van der Waals surface area (Å²) in [4.78, 5) is 15.0. The summed E-state index contributed by atoms with van der Waals surface area (Å²) in [5.74, 6) is -0.0926. The Morgan fingerprint density at radius 3 is 2.40 bits per heavy atom. The minimum absolute atomic E-state index is 0.0926. The lowest BCUT2D eigenvalue weighted by Gasteiger charge is -2.34. The minimum atomic E-state index is -3.47. The molecule has 162 valence electrons. The van der Waals surface area contributed by atoms with Crippen LogP contribution in [-0.2, 0) is 21.4 Å². The number of carbonyl (C=O) groups is 1. The molecule has 1 aromatic carbocycles. The zero-order chi connectivity index (χ0) is 21.1. The average Bonchev–Trinajstić information content (AvgIpc) is 3.04. The van der Waals surface area contributed by atoms with Crippen LogP contribution in [0.5, 0.6) is 0 Å². The van der Waals surface area contributed by atoms with Crippen LogP contribution in [0.3, 0.4) is 0 Å². The van der Waals surface area contributed by atoms with Crippen molar-refractivity contribution in [3.63, 3.8) is 0 Å². The van der Waals surface area contributed by atoms with Gasteiger partial charge < -0.3 is 9.88 Å². The van der Waals surface area contributed by atoms with Crippen LogP contribution in [0.25, 0.3) is 0 Å². The molecule has 0 saturated carbocycles. The number of sulfonamides is 1. The third-order valence-electron chi connectivity index (χ3n) is 6.16. The number of rotatable bonds is 5. The molecular weight excluding hydrogens is 400 g/mol. The highest BCUT2D eigenvalue weighted by atomic mass is 32.2. The van der Waals surface area contributed by atoms with Crippen LogP contribution in [0.2, 0.25) is 0 Å². The zero-order valence-electron chi connectivity index (χ0n) is 17.5. The van der Waals surface area contributed by atoms with Gasteiger partial charge in [-0.3, -0.25) is 9.69 Å². The molecule has 7 nitrogen and oxygen atoms in total. The monoisotopic (exact) mass is 430 g/mol. The van der Waals surface area contributed by atoms with Crippen LogP contribution in [0.4, 0.5) is 5.69 Å². The molecule has 1 amide bonds. The molecule has 2 aliphatic rings. The van der Waals surface area contributed by atoms with E-state index in [1.54, 1.807) is 28.6 Å². The van der Waals surface area contributed by atoms with Crippen molar-refractivity contribution in [3.8, 4) is 0 Å². The zero-order valence-corrected chi connectivity index (χ0v) is 18.3. The summed E-state index contributed by atoms with van der Waals surface area (Å²) in [6.07, 6.45) is 6.06. The van der Waals surface area contributed by atoms with Crippen molar-refractivity contribution in [1.82, 2.24) is 13.8 Å². The summed E-state index contributed by atoms with van der Waals surface area (Å²) >= 11 is 0. The van der Waals surface area contributed by atoms with E-state index in [9.17, 15) is 13.2 Å². The van der Waals surface area contributed by atoms with E-state index in [1.807, 2.05) is 6.07 Å². The van der Waals surface area contributed by atoms with Gasteiger partial charge in [0, 0.05) is 49.8 Å². The van der Waals surface area contributed by atoms with Gasteiger partial charge >= 0.3 is 0 Å². The highest BCUT2D eigenvalue weighted by Gasteiger charge is 2.26. The van der Waals surface area contributed by atoms with Crippen molar-refractivity contribution in [3.05, 3.63) is 48.3 Å². The number of hydrogen-bond donors (Lipinski definition) is 1. The number of nitrogens with one attached hydrogen (secondary N) is 1. The Bertz CT molecular complexity index is 976. The van der Waals surface area contributed by atoms with Crippen molar-refractivity contribution in [1.29, 1.82) is 0 Å². The van der Waals surface area contributed by atoms with Crippen molar-refractivity contribution < 1.29 is 13.2 Å². The van der Waals surface area contributed by atoms with Crippen LogP contribution in [0.15, 0.2) is 47.5 Å². The first-order valence-electron chi connectivity index (χ1n) is 10.7. The Kier molecular flexibility index (Phi) is 6.26. The average molecular weight is 431 g/mol. The van der Waals surface area contributed by atoms with Crippen molar-refractivity contribution in [2.75, 3.05) is 31.5 Å². The van der Waals surface area contributed by atoms with E-state index in [-0.39, 0.29) is 16.8 Å². The molecule has 30 heavy (non-hydrogen) atoms. The molecule has 8 heteroatoms. The number of anilines is 1. The maximum absolute atomic E-state index is 12.9. The summed E-state index contributed by atoms with van der Waals surface area (Å²) in [5, 5.41) is 2.90. The van der Waals surface area contributed by atoms with Gasteiger partial charge in [0.25, 0.3) is 0 Å². The summed E-state index contributed by atoms with van der Waals surface area (Å²) in [5.41, 5.74) is 1.83. The number of carbonyl (C=O) groups excluding carboxylic acids is 1. The van der Waals surface area contributed by atoms with Crippen LogP contribution < -0.4 is 5.32 Å². The van der Waals surface area contributed by atoms with Gasteiger partial charge in [0.2, 0.25) is 15.9 Å². The fourth-order valence-electron chi connectivity index (χ4n) is 4.37. The molecule has 1 N–H and O–H groups in total. The molecule has 0 radical (unpaired) electrons. The fourth-order valence-corrected chi connectivity index (χ4v) is 5.89. The first-order valence-corrected chi connectivity index (χ1v) is 12.2. The number of hydrogen-bond acceptors (Lipinski definition) is 4. The van der Waals surface area contributed by atoms with Gasteiger partial charge in [-0.1, -0.05) is 12.8 Å². The largest absolute Gasteiger partial charge is 0.349 e. The quantitative estimate of drug-likeness (QED) is 0.791. The molecule has 0 aliphatic carbocycles. The maximum atomic E-state index is 12.9. The summed E-state index contributed by atoms with van der Waals surface area (Å²) in [6, 6.07) is 10.8. The molecule has 3 heterocycles. The predicted molar refractivity (Wildman–Crippen MR) is 117 cm³/mol. The first kappa shape index (κ1) is 21.1. The number of amides is 1. The summed E-state index contributed by atoms with van der Waals surface area (Å²) in [7, 11) is -3.47. The second kappa shape index (κ2) is 8.91. The molecule has 0 bridgehead atoms. The first-order chi connectivity index (χ1) is 14.4. The van der Waals surface area contributed by atoms with Crippen LogP contribution in [0.1, 0.15) is 44.3 Å². The van der Waals surface area contributed by atoms with Crippen LogP contribution >= 0.6 is 0 Å². The SMILES string of the molecule is CC1c2cccn2CCN1CC(=O)Nc1ccc(S(=O)(=O)N2CCCCCC2)cc1. The standard InChI is InChI=1S/C22H30N4O3S/c1-18-21-7-6-12-24(21)15-16-25(18)17-22(27)23-19-8-10-20(11-9-19)30(28,29)26-13-4-2-3-5-14-26/h6-12,18H,2-5,13-17H2,1H3,(H,23,27). The third kappa shape index (κ3) is 4.45. The summed E-state index contributed by atoms with van der Waals surface area (Å²) in [6.45, 7) is 5.28. The second-order valence-corrected chi connectivity index (χ2v) is 10.1. The van der Waals surface area contributed by atoms with Gasteiger partial charge in [-0.15, -0.1) is 0 Å². The molecule has 0 spiro atoms. The van der Waals surface area contributed by atoms with Gasteiger partial charge in [0.15, 0.2) is 0 Å². The fraction of sp³-hybridized carbons (Fsp3) is 0.500. The van der Waals surface area contributed by atoms with Crippen LogP contribution in [-0.4, -0.2) is 54.3 Å². The number of aromatic nitrogens is 1. The minimum Gasteiger partial charge on any atom is -0.349 e. The highest BCUT2D eigenvalue weighted by molar-refractivity contribution is 7.89. The Labute approximate surface area is 178 Å². The molecule has 1 saturated heterocycles. The maximum Gasteiger partial charge on any atom is 0.243 e. The lowest BCUT2D eigenvalue weighted by atomic mass is 10.1. The van der Waals surface area contributed by atoms with E-state index in [0.29, 0.717) is 25.3 Å². The Morgan fingerprint density at radius 2 is 1.70 bits per heavy atom. The molecule has 1 fully saturated rings. The van der Waals surface area contributed by atoms with Crippen molar-refractivity contribution >= 4 is 21.6 Å². The molecule has 1 atom stereocenters. The van der Waals surface area contributed by atoms with E-state index in [4.69, 9.17) is 0 Å². The molecular formula is C22H30N4O3S. The number of benzene rings is 1. The third-order valence-corrected chi connectivity index (χ3v) is 8.07. The Morgan fingerprint density at radius 1 is 1.00 bits per heavy atom. The van der Waals surface area contributed by atoms with Gasteiger partial charge in [-0.2, -0.15) is 4.31 Å². The van der Waals surface area contributed by atoms with E-state index >= 15 is 0 Å². The Hall–Kier alpha value is -2.16. The van der Waals surface area contributed by atoms with Crippen molar-refractivity contribution in [2.24, 2.45) is 0 Å². The molecule has 2 aliphatic heterocycles. The molecule has 1 aromatic heterocycles. The Balaban J connectivity index is 1.37. The van der Waals surface area contributed by atoms with E-state index in [0.717, 1.165) is 38.8 Å². The van der Waals surface area contributed by atoms with E-state index in [2.05, 4.69) is 34.0 Å². The summed E-state index contributed by atoms with van der Waals surface area (Å²) < 4.78 is 29.6. The van der Waals surface area contributed by atoms with Gasteiger partial charge in [0.05, 0.1) is 11.4 Å². The second-order valence-electron chi connectivity index (χ2n) is 8.16. The number of nitrogens with zero attached hydrogens (tertiary/aromatic N) is 3. The lowest BCUT2D eigenvalue weighted by molar-refractivity contribution is -0.118. The van der Waals surface area contributed by atoms with Crippen LogP contribution in [0, 0.1) is 0 Å².